The average Bonchev–Trinajstić information content (AvgIpc) is 2.13. The molecule has 0 amide bonds. The number of carboxylic acid groups (broad SMARTS) is 1. The SMILES string of the molecule is CCOC(=O)/C=C(/C)N[C@H](C(=O)O)C(C)C. The first-order chi connectivity index (χ1) is 7.38. The van der Waals surface area contributed by atoms with E-state index in [0.717, 1.165) is 0 Å². The van der Waals surface area contributed by atoms with Gasteiger partial charge in [0.25, 0.3) is 0 Å². The summed E-state index contributed by atoms with van der Waals surface area (Å²) in [5.74, 6) is -1.48. The van der Waals surface area contributed by atoms with Crippen molar-refractivity contribution in [3.63, 3.8) is 0 Å². The lowest BCUT2D eigenvalue weighted by Crippen LogP contribution is -2.40. The molecule has 0 aliphatic rings. The molecule has 0 saturated heterocycles. The van der Waals surface area contributed by atoms with Crippen LogP contribution in [0.2, 0.25) is 0 Å². The summed E-state index contributed by atoms with van der Waals surface area (Å²) >= 11 is 0. The second-order valence-corrected chi connectivity index (χ2v) is 3.78. The molecule has 1 atom stereocenters. The molecule has 0 unspecified atom stereocenters. The Balaban J connectivity index is 4.45. The van der Waals surface area contributed by atoms with Crippen molar-refractivity contribution in [3.05, 3.63) is 11.8 Å². The number of hydrogen-bond acceptors (Lipinski definition) is 4. The predicted octanol–water partition coefficient (Wildman–Crippen LogP) is 1.15. The summed E-state index contributed by atoms with van der Waals surface area (Å²) in [6.45, 7) is 7.24. The van der Waals surface area contributed by atoms with Crippen LogP contribution >= 0.6 is 0 Å². The third-order valence-electron chi connectivity index (χ3n) is 1.94. The van der Waals surface area contributed by atoms with Crippen molar-refractivity contribution in [1.29, 1.82) is 0 Å². The van der Waals surface area contributed by atoms with E-state index < -0.39 is 18.0 Å². The summed E-state index contributed by atoms with van der Waals surface area (Å²) in [4.78, 5) is 22.0. The Labute approximate surface area is 95.5 Å². The first-order valence-corrected chi connectivity index (χ1v) is 5.22. The highest BCUT2D eigenvalue weighted by Crippen LogP contribution is 2.04. The Morgan fingerprint density at radius 1 is 1.44 bits per heavy atom. The van der Waals surface area contributed by atoms with Gasteiger partial charge in [-0.3, -0.25) is 0 Å². The maximum absolute atomic E-state index is 11.1. The summed E-state index contributed by atoms with van der Waals surface area (Å²) in [6.07, 6.45) is 1.25. The van der Waals surface area contributed by atoms with E-state index in [1.165, 1.54) is 6.08 Å². The number of aliphatic carboxylic acids is 1. The van der Waals surface area contributed by atoms with Crippen molar-refractivity contribution in [3.8, 4) is 0 Å². The molecule has 0 saturated carbocycles. The van der Waals surface area contributed by atoms with Crippen LogP contribution in [-0.2, 0) is 14.3 Å². The molecule has 0 aromatic rings. The molecule has 0 bridgehead atoms. The van der Waals surface area contributed by atoms with E-state index in [0.29, 0.717) is 12.3 Å². The van der Waals surface area contributed by atoms with Crippen molar-refractivity contribution < 1.29 is 19.4 Å². The lowest BCUT2D eigenvalue weighted by atomic mass is 10.0. The molecule has 5 nitrogen and oxygen atoms in total. The van der Waals surface area contributed by atoms with Gasteiger partial charge in [-0.2, -0.15) is 0 Å². The van der Waals surface area contributed by atoms with Crippen LogP contribution in [-0.4, -0.2) is 29.7 Å². The fourth-order valence-corrected chi connectivity index (χ4v) is 1.16. The van der Waals surface area contributed by atoms with Crippen LogP contribution in [0, 0.1) is 5.92 Å². The number of rotatable bonds is 6. The first-order valence-electron chi connectivity index (χ1n) is 5.22. The van der Waals surface area contributed by atoms with E-state index in [4.69, 9.17) is 9.84 Å². The quantitative estimate of drug-likeness (QED) is 0.528. The summed E-state index contributed by atoms with van der Waals surface area (Å²) in [6, 6.07) is -0.703. The van der Waals surface area contributed by atoms with Gasteiger partial charge in [0, 0.05) is 11.8 Å². The lowest BCUT2D eigenvalue weighted by molar-refractivity contribution is -0.141. The maximum Gasteiger partial charge on any atom is 0.332 e. The summed E-state index contributed by atoms with van der Waals surface area (Å²) in [5.41, 5.74) is 0.486. The van der Waals surface area contributed by atoms with Crippen LogP contribution in [0.1, 0.15) is 27.7 Å². The zero-order valence-corrected chi connectivity index (χ0v) is 10.1. The van der Waals surface area contributed by atoms with Gasteiger partial charge in [-0.15, -0.1) is 0 Å². The molecule has 0 spiro atoms. The number of allylic oxidation sites excluding steroid dienone is 1. The van der Waals surface area contributed by atoms with E-state index in [2.05, 4.69) is 5.32 Å². The normalized spacial score (nSPS) is 13.4. The van der Waals surface area contributed by atoms with Crippen molar-refractivity contribution in [2.45, 2.75) is 33.7 Å². The van der Waals surface area contributed by atoms with Crippen LogP contribution in [0.15, 0.2) is 11.8 Å². The van der Waals surface area contributed by atoms with Gasteiger partial charge < -0.3 is 15.2 Å². The molecule has 0 aromatic carbocycles. The summed E-state index contributed by atoms with van der Waals surface area (Å²) in [5, 5.41) is 11.7. The number of carbonyl (C=O) groups excluding carboxylic acids is 1. The number of carbonyl (C=O) groups is 2. The second kappa shape index (κ2) is 6.87. The van der Waals surface area contributed by atoms with Crippen molar-refractivity contribution in [1.82, 2.24) is 5.32 Å². The Kier molecular flexibility index (Phi) is 6.22. The molecule has 5 heteroatoms. The topological polar surface area (TPSA) is 75.6 Å². The highest BCUT2D eigenvalue weighted by molar-refractivity contribution is 5.83. The highest BCUT2D eigenvalue weighted by Gasteiger charge is 2.20. The van der Waals surface area contributed by atoms with Gasteiger partial charge in [0.1, 0.15) is 6.04 Å². The van der Waals surface area contributed by atoms with Gasteiger partial charge in [-0.25, -0.2) is 9.59 Å². The van der Waals surface area contributed by atoms with E-state index in [-0.39, 0.29) is 5.92 Å². The zero-order valence-electron chi connectivity index (χ0n) is 10.1. The third kappa shape index (κ3) is 5.38. The molecule has 0 radical (unpaired) electrons. The Morgan fingerprint density at radius 2 is 2.00 bits per heavy atom. The molecule has 2 N–H and O–H groups in total. The molecular formula is C11H19NO4. The zero-order chi connectivity index (χ0) is 12.7. The fourth-order valence-electron chi connectivity index (χ4n) is 1.16. The van der Waals surface area contributed by atoms with E-state index >= 15 is 0 Å². The minimum atomic E-state index is -0.938. The lowest BCUT2D eigenvalue weighted by Gasteiger charge is -2.19. The summed E-state index contributed by atoms with van der Waals surface area (Å²) in [7, 11) is 0. The van der Waals surface area contributed by atoms with E-state index in [1.54, 1.807) is 27.7 Å². The molecular weight excluding hydrogens is 210 g/mol. The minimum absolute atomic E-state index is 0.0666. The van der Waals surface area contributed by atoms with Gasteiger partial charge in [-0.1, -0.05) is 13.8 Å². The standard InChI is InChI=1S/C11H19NO4/c1-5-16-9(13)6-8(4)12-10(7(2)3)11(14)15/h6-7,10,12H,5H2,1-4H3,(H,14,15)/b8-6-/t10-/m0/s1. The molecule has 0 fully saturated rings. The van der Waals surface area contributed by atoms with Crippen molar-refractivity contribution in [2.75, 3.05) is 6.61 Å². The molecule has 0 rings (SSSR count). The van der Waals surface area contributed by atoms with Crippen LogP contribution in [0.5, 0.6) is 0 Å². The number of hydrogen-bond donors (Lipinski definition) is 2. The molecule has 0 aromatic heterocycles. The molecule has 0 aliphatic heterocycles. The molecule has 0 heterocycles. The average molecular weight is 229 g/mol. The molecule has 16 heavy (non-hydrogen) atoms. The highest BCUT2D eigenvalue weighted by atomic mass is 16.5. The maximum atomic E-state index is 11.1. The fraction of sp³-hybridized carbons (Fsp3) is 0.636. The number of carboxylic acids is 1. The van der Waals surface area contributed by atoms with Crippen molar-refractivity contribution in [2.24, 2.45) is 5.92 Å². The van der Waals surface area contributed by atoms with Crippen LogP contribution in [0.3, 0.4) is 0 Å². The van der Waals surface area contributed by atoms with Gasteiger partial charge >= 0.3 is 11.9 Å². The minimum Gasteiger partial charge on any atom is -0.480 e. The predicted molar refractivity (Wildman–Crippen MR) is 59.8 cm³/mol. The Hall–Kier alpha value is -1.52. The van der Waals surface area contributed by atoms with Crippen LogP contribution in [0.4, 0.5) is 0 Å². The first kappa shape index (κ1) is 14.5. The van der Waals surface area contributed by atoms with Crippen LogP contribution < -0.4 is 5.32 Å². The molecule has 92 valence electrons. The smallest absolute Gasteiger partial charge is 0.332 e. The Morgan fingerprint density at radius 3 is 2.38 bits per heavy atom. The van der Waals surface area contributed by atoms with Crippen LogP contribution in [0.25, 0.3) is 0 Å². The van der Waals surface area contributed by atoms with Crippen molar-refractivity contribution >= 4 is 11.9 Å². The second-order valence-electron chi connectivity index (χ2n) is 3.78. The van der Waals surface area contributed by atoms with Gasteiger partial charge in [0.2, 0.25) is 0 Å². The van der Waals surface area contributed by atoms with Gasteiger partial charge in [-0.05, 0) is 19.8 Å². The Bertz CT molecular complexity index is 284. The molecule has 0 aliphatic carbocycles. The monoisotopic (exact) mass is 229 g/mol. The number of ether oxygens (including phenoxy) is 1. The third-order valence-corrected chi connectivity index (χ3v) is 1.94. The van der Waals surface area contributed by atoms with Gasteiger partial charge in [0.15, 0.2) is 0 Å². The number of esters is 1. The summed E-state index contributed by atoms with van der Waals surface area (Å²) < 4.78 is 4.71. The van der Waals surface area contributed by atoms with E-state index in [1.807, 2.05) is 0 Å². The van der Waals surface area contributed by atoms with Gasteiger partial charge in [0.05, 0.1) is 6.61 Å². The largest absolute Gasteiger partial charge is 0.480 e. The number of nitrogens with one attached hydrogen (secondary N) is 1. The van der Waals surface area contributed by atoms with E-state index in [9.17, 15) is 9.59 Å².